The number of aliphatic hydroxyl groups excluding tert-OH is 1. The molecule has 0 aromatic heterocycles. The van der Waals surface area contributed by atoms with Crippen molar-refractivity contribution in [2.24, 2.45) is 0 Å². The monoisotopic (exact) mass is 146 g/mol. The maximum atomic E-state index is 8.46. The summed E-state index contributed by atoms with van der Waals surface area (Å²) in [5, 5.41) is 8.46. The first-order valence-corrected chi connectivity index (χ1v) is 4.32. The first-order valence-electron chi connectivity index (χ1n) is 4.32. The second kappa shape index (κ2) is 8.92. The maximum absolute atomic E-state index is 8.46. The number of quaternary nitrogens is 1. The van der Waals surface area contributed by atoms with Crippen molar-refractivity contribution in [2.45, 2.75) is 38.5 Å². The summed E-state index contributed by atoms with van der Waals surface area (Å²) < 4.78 is 0. The van der Waals surface area contributed by atoms with Gasteiger partial charge in [-0.15, -0.1) is 0 Å². The van der Waals surface area contributed by atoms with Crippen LogP contribution in [0.25, 0.3) is 0 Å². The van der Waals surface area contributed by atoms with Crippen LogP contribution in [0, 0.1) is 0 Å². The molecule has 0 aliphatic rings. The first-order chi connectivity index (χ1) is 4.91. The molecule has 0 bridgehead atoms. The van der Waals surface area contributed by atoms with Gasteiger partial charge >= 0.3 is 0 Å². The van der Waals surface area contributed by atoms with Gasteiger partial charge in [0.15, 0.2) is 0 Å². The molecule has 4 N–H and O–H groups in total. The summed E-state index contributed by atoms with van der Waals surface area (Å²) in [5.41, 5.74) is 3.78. The zero-order chi connectivity index (χ0) is 7.66. The van der Waals surface area contributed by atoms with Gasteiger partial charge < -0.3 is 10.8 Å². The van der Waals surface area contributed by atoms with E-state index < -0.39 is 0 Å². The van der Waals surface area contributed by atoms with Crippen molar-refractivity contribution in [1.82, 2.24) is 0 Å². The van der Waals surface area contributed by atoms with Gasteiger partial charge in [-0.05, 0) is 19.3 Å². The lowest BCUT2D eigenvalue weighted by Gasteiger charge is -1.96. The normalized spacial score (nSPS) is 10.2. The molecule has 0 heterocycles. The highest BCUT2D eigenvalue weighted by atomic mass is 16.2. The van der Waals surface area contributed by atoms with Crippen molar-refractivity contribution in [3.63, 3.8) is 0 Å². The topological polar surface area (TPSA) is 47.9 Å². The van der Waals surface area contributed by atoms with Crippen molar-refractivity contribution in [3.8, 4) is 0 Å². The van der Waals surface area contributed by atoms with Crippen molar-refractivity contribution in [2.75, 3.05) is 13.2 Å². The number of hydrogen-bond donors (Lipinski definition) is 2. The fourth-order valence-corrected chi connectivity index (χ4v) is 0.996. The third-order valence-corrected chi connectivity index (χ3v) is 1.66. The van der Waals surface area contributed by atoms with E-state index in [1.54, 1.807) is 0 Å². The predicted octanol–water partition coefficient (Wildman–Crippen LogP) is 0.561. The van der Waals surface area contributed by atoms with Gasteiger partial charge in [0.25, 0.3) is 0 Å². The lowest BCUT2D eigenvalue weighted by Crippen LogP contribution is -2.50. The molecule has 0 unspecified atom stereocenters. The van der Waals surface area contributed by atoms with Crippen LogP contribution in [0.2, 0.25) is 0 Å². The summed E-state index contributed by atoms with van der Waals surface area (Å²) in [4.78, 5) is 0. The molecule has 0 rings (SSSR count). The van der Waals surface area contributed by atoms with Gasteiger partial charge in [0.1, 0.15) is 0 Å². The maximum Gasteiger partial charge on any atom is 0.0739 e. The number of aliphatic hydroxyl groups is 1. The highest BCUT2D eigenvalue weighted by Crippen LogP contribution is 2.03. The zero-order valence-corrected chi connectivity index (χ0v) is 6.81. The minimum atomic E-state index is 0.356. The Labute approximate surface area is 63.4 Å². The van der Waals surface area contributed by atoms with E-state index in [2.05, 4.69) is 5.73 Å². The van der Waals surface area contributed by atoms with Gasteiger partial charge in [-0.1, -0.05) is 19.3 Å². The molecule has 0 amide bonds. The first kappa shape index (κ1) is 9.92. The molecule has 0 aliphatic heterocycles. The molecular formula is C8H20NO+. The van der Waals surface area contributed by atoms with E-state index in [0.717, 1.165) is 13.0 Å². The Morgan fingerprint density at radius 2 is 1.30 bits per heavy atom. The van der Waals surface area contributed by atoms with Gasteiger partial charge in [-0.3, -0.25) is 0 Å². The summed E-state index contributed by atoms with van der Waals surface area (Å²) in [7, 11) is 0. The second-order valence-electron chi connectivity index (χ2n) is 2.70. The molecule has 0 aromatic rings. The lowest BCUT2D eigenvalue weighted by atomic mass is 10.1. The van der Waals surface area contributed by atoms with Crippen molar-refractivity contribution < 1.29 is 10.8 Å². The van der Waals surface area contributed by atoms with Crippen LogP contribution in [0.3, 0.4) is 0 Å². The predicted molar refractivity (Wildman–Crippen MR) is 42.5 cm³/mol. The van der Waals surface area contributed by atoms with Crippen LogP contribution in [0.5, 0.6) is 0 Å². The lowest BCUT2D eigenvalue weighted by molar-refractivity contribution is -0.368. The molecule has 0 saturated carbocycles. The van der Waals surface area contributed by atoms with E-state index in [-0.39, 0.29) is 0 Å². The van der Waals surface area contributed by atoms with Crippen molar-refractivity contribution in [3.05, 3.63) is 0 Å². The molecule has 0 saturated heterocycles. The number of unbranched alkanes of at least 4 members (excludes halogenated alkanes) is 5. The molecule has 0 aliphatic carbocycles. The molecule has 0 spiro atoms. The summed E-state index contributed by atoms with van der Waals surface area (Å²) in [6.07, 6.45) is 7.34. The largest absolute Gasteiger partial charge is 0.396 e. The average molecular weight is 146 g/mol. The van der Waals surface area contributed by atoms with Gasteiger partial charge in [0.2, 0.25) is 0 Å². The fourth-order valence-electron chi connectivity index (χ4n) is 0.996. The van der Waals surface area contributed by atoms with Crippen LogP contribution in [-0.4, -0.2) is 18.3 Å². The van der Waals surface area contributed by atoms with Gasteiger partial charge in [0, 0.05) is 6.61 Å². The standard InChI is InChI=1S/C8H19NO/c9-7-5-3-1-2-4-6-8-10/h10H,1-9H2/p+1. The van der Waals surface area contributed by atoms with E-state index in [0.29, 0.717) is 6.61 Å². The minimum absolute atomic E-state index is 0.356. The van der Waals surface area contributed by atoms with Crippen LogP contribution in [-0.2, 0) is 0 Å². The molecule has 0 fully saturated rings. The van der Waals surface area contributed by atoms with Crippen LogP contribution in [0.4, 0.5) is 0 Å². The highest BCUT2D eigenvalue weighted by Gasteiger charge is 1.88. The van der Waals surface area contributed by atoms with E-state index in [1.165, 1.54) is 32.1 Å². The van der Waals surface area contributed by atoms with E-state index in [4.69, 9.17) is 5.11 Å². The Morgan fingerprint density at radius 1 is 0.800 bits per heavy atom. The fraction of sp³-hybridized carbons (Fsp3) is 1.00. The third kappa shape index (κ3) is 7.92. The van der Waals surface area contributed by atoms with E-state index in [9.17, 15) is 0 Å². The Balaban J connectivity index is 2.65. The van der Waals surface area contributed by atoms with Crippen molar-refractivity contribution >= 4 is 0 Å². The Bertz CT molecular complexity index is 49.2. The second-order valence-corrected chi connectivity index (χ2v) is 2.70. The molecule has 0 aromatic carbocycles. The average Bonchev–Trinajstić information content (AvgIpc) is 1.97. The molecule has 10 heavy (non-hydrogen) atoms. The van der Waals surface area contributed by atoms with Gasteiger partial charge in [-0.25, -0.2) is 0 Å². The smallest absolute Gasteiger partial charge is 0.0739 e. The summed E-state index contributed by atoms with van der Waals surface area (Å²) in [6, 6.07) is 0. The molecular weight excluding hydrogens is 126 g/mol. The Hall–Kier alpha value is -0.0800. The third-order valence-electron chi connectivity index (χ3n) is 1.66. The summed E-state index contributed by atoms with van der Waals surface area (Å²) in [5.74, 6) is 0. The van der Waals surface area contributed by atoms with E-state index in [1.807, 2.05) is 0 Å². The zero-order valence-electron chi connectivity index (χ0n) is 6.81. The van der Waals surface area contributed by atoms with Crippen LogP contribution < -0.4 is 5.73 Å². The number of rotatable bonds is 7. The van der Waals surface area contributed by atoms with Crippen LogP contribution in [0.1, 0.15) is 38.5 Å². The Kier molecular flexibility index (Phi) is 8.85. The summed E-state index contributed by atoms with van der Waals surface area (Å²) in [6.45, 7) is 1.43. The Morgan fingerprint density at radius 3 is 1.80 bits per heavy atom. The molecule has 2 heteroatoms. The molecule has 2 nitrogen and oxygen atoms in total. The quantitative estimate of drug-likeness (QED) is 0.507. The van der Waals surface area contributed by atoms with E-state index >= 15 is 0 Å². The highest BCUT2D eigenvalue weighted by molar-refractivity contribution is 4.43. The SMILES string of the molecule is [NH3+]CCCCCCCCO. The molecule has 0 atom stereocenters. The summed E-state index contributed by atoms with van der Waals surface area (Å²) >= 11 is 0. The van der Waals surface area contributed by atoms with Crippen molar-refractivity contribution in [1.29, 1.82) is 0 Å². The molecule has 62 valence electrons. The number of hydrogen-bond acceptors (Lipinski definition) is 1. The minimum Gasteiger partial charge on any atom is -0.396 e. The van der Waals surface area contributed by atoms with Gasteiger partial charge in [-0.2, -0.15) is 0 Å². The van der Waals surface area contributed by atoms with Crippen LogP contribution in [0.15, 0.2) is 0 Å². The van der Waals surface area contributed by atoms with Gasteiger partial charge in [0.05, 0.1) is 6.54 Å². The van der Waals surface area contributed by atoms with Crippen LogP contribution >= 0.6 is 0 Å². The molecule has 0 radical (unpaired) electrons.